The Hall–Kier alpha value is -2.47. The fraction of sp³-hybridized carbons (Fsp3) is 0.143. The average molecular weight is 302 g/mol. The predicted molar refractivity (Wildman–Crippen MR) is 80.6 cm³/mol. The van der Waals surface area contributed by atoms with Crippen molar-refractivity contribution in [2.45, 2.75) is 13.8 Å². The first-order chi connectivity index (χ1) is 10.1. The normalized spacial score (nSPS) is 10.8. The van der Waals surface area contributed by atoms with E-state index in [2.05, 4.69) is 25.3 Å². The highest BCUT2D eigenvalue weighted by Gasteiger charge is 2.15. The Balaban J connectivity index is 2.00. The number of carbonyl (C=O) groups is 1. The maximum absolute atomic E-state index is 12.2. The summed E-state index contributed by atoms with van der Waals surface area (Å²) < 4.78 is 0. The Morgan fingerprint density at radius 3 is 2.86 bits per heavy atom. The van der Waals surface area contributed by atoms with Crippen molar-refractivity contribution in [3.05, 3.63) is 46.6 Å². The average Bonchev–Trinajstić information content (AvgIpc) is 2.75. The van der Waals surface area contributed by atoms with E-state index in [1.165, 1.54) is 6.33 Å². The molecule has 0 atom stereocenters. The van der Waals surface area contributed by atoms with Gasteiger partial charge in [-0.15, -0.1) is 0 Å². The first-order valence-corrected chi connectivity index (χ1v) is 6.68. The van der Waals surface area contributed by atoms with Gasteiger partial charge in [-0.05, 0) is 31.5 Å². The SMILES string of the molecule is Cc1[nH]c2ncnc(NC(=O)c3cccc(Cl)n3)c2c1C. The molecule has 3 rings (SSSR count). The molecule has 6 nitrogen and oxygen atoms in total. The number of amides is 1. The molecule has 0 saturated heterocycles. The molecule has 0 spiro atoms. The van der Waals surface area contributed by atoms with Crippen molar-refractivity contribution in [2.24, 2.45) is 0 Å². The quantitative estimate of drug-likeness (QED) is 0.713. The summed E-state index contributed by atoms with van der Waals surface area (Å²) in [6.07, 6.45) is 1.40. The number of pyridine rings is 1. The molecular weight excluding hydrogens is 290 g/mol. The van der Waals surface area contributed by atoms with Crippen LogP contribution in [0.2, 0.25) is 5.15 Å². The van der Waals surface area contributed by atoms with Gasteiger partial charge >= 0.3 is 0 Å². The number of aryl methyl sites for hydroxylation is 2. The van der Waals surface area contributed by atoms with Crippen molar-refractivity contribution < 1.29 is 4.79 Å². The standard InChI is InChI=1S/C14H12ClN5O/c1-7-8(2)18-12-11(7)13(17-6-16-12)20-14(21)9-4-3-5-10(15)19-9/h3-6H,1-2H3,(H2,16,17,18,20,21). The zero-order chi connectivity index (χ0) is 15.0. The number of halogens is 1. The molecule has 0 aliphatic carbocycles. The lowest BCUT2D eigenvalue weighted by Gasteiger charge is -2.05. The van der Waals surface area contributed by atoms with Crippen LogP contribution in [0.5, 0.6) is 0 Å². The molecule has 0 saturated carbocycles. The van der Waals surface area contributed by atoms with E-state index in [0.717, 1.165) is 16.6 Å². The summed E-state index contributed by atoms with van der Waals surface area (Å²) in [6.45, 7) is 3.89. The van der Waals surface area contributed by atoms with Gasteiger partial charge in [-0.25, -0.2) is 15.0 Å². The van der Waals surface area contributed by atoms with Crippen LogP contribution in [0.15, 0.2) is 24.5 Å². The highest BCUT2D eigenvalue weighted by molar-refractivity contribution is 6.29. The highest BCUT2D eigenvalue weighted by Crippen LogP contribution is 2.25. The molecule has 0 unspecified atom stereocenters. The Labute approximate surface area is 125 Å². The number of aromatic amines is 1. The summed E-state index contributed by atoms with van der Waals surface area (Å²) >= 11 is 5.79. The molecule has 0 aliphatic heterocycles. The van der Waals surface area contributed by atoms with Gasteiger partial charge in [0.15, 0.2) is 0 Å². The molecule has 0 fully saturated rings. The first-order valence-electron chi connectivity index (χ1n) is 6.30. The van der Waals surface area contributed by atoms with E-state index < -0.39 is 0 Å². The number of carbonyl (C=O) groups excluding carboxylic acids is 1. The first kappa shape index (κ1) is 13.5. The summed E-state index contributed by atoms with van der Waals surface area (Å²) in [5.41, 5.74) is 2.91. The van der Waals surface area contributed by atoms with E-state index in [1.807, 2.05) is 13.8 Å². The van der Waals surface area contributed by atoms with E-state index in [1.54, 1.807) is 18.2 Å². The van der Waals surface area contributed by atoms with Crippen molar-refractivity contribution in [2.75, 3.05) is 5.32 Å². The maximum atomic E-state index is 12.2. The number of H-pyrrole nitrogens is 1. The van der Waals surface area contributed by atoms with Crippen molar-refractivity contribution in [1.29, 1.82) is 0 Å². The van der Waals surface area contributed by atoms with Crippen molar-refractivity contribution in [3.63, 3.8) is 0 Å². The van der Waals surface area contributed by atoms with E-state index in [0.29, 0.717) is 11.5 Å². The van der Waals surface area contributed by atoms with E-state index in [9.17, 15) is 4.79 Å². The molecule has 0 radical (unpaired) electrons. The maximum Gasteiger partial charge on any atom is 0.275 e. The second-order valence-electron chi connectivity index (χ2n) is 4.62. The summed E-state index contributed by atoms with van der Waals surface area (Å²) in [7, 11) is 0. The number of fused-ring (bicyclic) bond motifs is 1. The molecule has 0 bridgehead atoms. The van der Waals surface area contributed by atoms with Crippen LogP contribution in [-0.2, 0) is 0 Å². The van der Waals surface area contributed by atoms with Gasteiger partial charge in [0.1, 0.15) is 28.6 Å². The number of anilines is 1. The summed E-state index contributed by atoms with van der Waals surface area (Å²) in [4.78, 5) is 27.7. The Kier molecular flexibility index (Phi) is 3.31. The second kappa shape index (κ2) is 5.14. The summed E-state index contributed by atoms with van der Waals surface area (Å²) in [6, 6.07) is 4.88. The monoisotopic (exact) mass is 301 g/mol. The number of rotatable bonds is 2. The molecule has 3 aromatic rings. The minimum Gasteiger partial charge on any atom is -0.343 e. The lowest BCUT2D eigenvalue weighted by Crippen LogP contribution is -2.15. The lowest BCUT2D eigenvalue weighted by molar-refractivity contribution is 0.102. The van der Waals surface area contributed by atoms with E-state index in [-0.39, 0.29) is 16.8 Å². The van der Waals surface area contributed by atoms with Gasteiger partial charge in [0.25, 0.3) is 5.91 Å². The Bertz CT molecular complexity index is 842. The van der Waals surface area contributed by atoms with Gasteiger partial charge in [-0.1, -0.05) is 17.7 Å². The largest absolute Gasteiger partial charge is 0.343 e. The minimum atomic E-state index is -0.365. The molecule has 3 heterocycles. The molecule has 21 heavy (non-hydrogen) atoms. The van der Waals surface area contributed by atoms with Crippen LogP contribution in [0.4, 0.5) is 5.82 Å². The van der Waals surface area contributed by atoms with Crippen molar-refractivity contribution in [3.8, 4) is 0 Å². The third kappa shape index (κ3) is 2.45. The molecule has 0 aliphatic rings. The van der Waals surface area contributed by atoms with Crippen LogP contribution in [0.1, 0.15) is 21.7 Å². The third-order valence-corrected chi connectivity index (χ3v) is 3.48. The fourth-order valence-electron chi connectivity index (χ4n) is 2.10. The minimum absolute atomic E-state index is 0.235. The summed E-state index contributed by atoms with van der Waals surface area (Å²) in [5, 5.41) is 3.82. The zero-order valence-electron chi connectivity index (χ0n) is 11.4. The van der Waals surface area contributed by atoms with Crippen LogP contribution >= 0.6 is 11.6 Å². The Morgan fingerprint density at radius 1 is 1.29 bits per heavy atom. The highest BCUT2D eigenvalue weighted by atomic mass is 35.5. The molecule has 3 aromatic heterocycles. The number of nitrogens with one attached hydrogen (secondary N) is 2. The number of hydrogen-bond acceptors (Lipinski definition) is 4. The van der Waals surface area contributed by atoms with Crippen LogP contribution in [0.25, 0.3) is 11.0 Å². The molecule has 0 aromatic carbocycles. The number of aromatic nitrogens is 4. The van der Waals surface area contributed by atoms with Gasteiger partial charge in [-0.3, -0.25) is 4.79 Å². The lowest BCUT2D eigenvalue weighted by atomic mass is 10.2. The fourth-order valence-corrected chi connectivity index (χ4v) is 2.26. The van der Waals surface area contributed by atoms with Gasteiger partial charge in [0.05, 0.1) is 5.39 Å². The van der Waals surface area contributed by atoms with Crippen LogP contribution in [0, 0.1) is 13.8 Å². The number of nitrogens with zero attached hydrogens (tertiary/aromatic N) is 3. The molecule has 1 amide bonds. The molecular formula is C14H12ClN5O. The van der Waals surface area contributed by atoms with E-state index in [4.69, 9.17) is 11.6 Å². The van der Waals surface area contributed by atoms with Crippen molar-refractivity contribution in [1.82, 2.24) is 19.9 Å². The van der Waals surface area contributed by atoms with Crippen LogP contribution in [-0.4, -0.2) is 25.8 Å². The molecule has 106 valence electrons. The molecule has 7 heteroatoms. The van der Waals surface area contributed by atoms with Gasteiger partial charge in [-0.2, -0.15) is 0 Å². The third-order valence-electron chi connectivity index (χ3n) is 3.27. The smallest absolute Gasteiger partial charge is 0.275 e. The van der Waals surface area contributed by atoms with Gasteiger partial charge < -0.3 is 10.3 Å². The van der Waals surface area contributed by atoms with Gasteiger partial charge in [0, 0.05) is 5.69 Å². The topological polar surface area (TPSA) is 83.6 Å². The molecule has 2 N–H and O–H groups in total. The van der Waals surface area contributed by atoms with E-state index >= 15 is 0 Å². The zero-order valence-corrected chi connectivity index (χ0v) is 12.2. The summed E-state index contributed by atoms with van der Waals surface area (Å²) in [5.74, 6) is 0.0874. The number of hydrogen-bond donors (Lipinski definition) is 2. The van der Waals surface area contributed by atoms with Crippen molar-refractivity contribution >= 4 is 34.4 Å². The predicted octanol–water partition coefficient (Wildman–Crippen LogP) is 2.88. The van der Waals surface area contributed by atoms with Gasteiger partial charge in [0.2, 0.25) is 0 Å². The van der Waals surface area contributed by atoms with Crippen LogP contribution < -0.4 is 5.32 Å². The van der Waals surface area contributed by atoms with Crippen LogP contribution in [0.3, 0.4) is 0 Å². The second-order valence-corrected chi connectivity index (χ2v) is 5.01. The Morgan fingerprint density at radius 2 is 2.10 bits per heavy atom.